The van der Waals surface area contributed by atoms with Gasteiger partial charge in [-0.1, -0.05) is 60.7 Å². The molecular formula is C21H26N4O3. The molecule has 0 aliphatic heterocycles. The lowest BCUT2D eigenvalue weighted by Crippen LogP contribution is -2.50. The Bertz CT molecular complexity index is 769. The molecule has 0 unspecified atom stereocenters. The van der Waals surface area contributed by atoms with E-state index in [9.17, 15) is 14.7 Å². The fourth-order valence-corrected chi connectivity index (χ4v) is 3.06. The van der Waals surface area contributed by atoms with Crippen LogP contribution in [0.3, 0.4) is 0 Å². The summed E-state index contributed by atoms with van der Waals surface area (Å²) in [4.78, 5) is 24.9. The van der Waals surface area contributed by atoms with Gasteiger partial charge in [-0.05, 0) is 30.9 Å². The number of aliphatic carboxylic acids is 1. The average molecular weight is 382 g/mol. The third kappa shape index (κ3) is 5.09. The predicted octanol–water partition coefficient (Wildman–Crippen LogP) is 1.83. The first kappa shape index (κ1) is 21.0. The summed E-state index contributed by atoms with van der Waals surface area (Å²) < 4.78 is 0. The van der Waals surface area contributed by atoms with Gasteiger partial charge in [-0.15, -0.1) is 0 Å². The molecule has 2 rings (SSSR count). The monoisotopic (exact) mass is 382 g/mol. The number of carboxylic acid groups (broad SMARTS) is 1. The van der Waals surface area contributed by atoms with E-state index in [0.717, 1.165) is 11.1 Å². The van der Waals surface area contributed by atoms with E-state index in [4.69, 9.17) is 11.1 Å². The highest BCUT2D eigenvalue weighted by Crippen LogP contribution is 2.32. The fourth-order valence-electron chi connectivity index (χ4n) is 3.06. The standard InChI is InChI=1S/C21H26N4O3/c1-21(15-9-4-2-5-10-15,16-11-6-3-7-12-16)19(28)25-17(18(26)27)13-8-14-24-20(22)23/h2-7,9-12,17H,8,13-14H2,1H3,(H,25,28)(H,26,27)(H4,22,23,24)/t17-/m0/s1. The van der Waals surface area contributed by atoms with E-state index >= 15 is 0 Å². The summed E-state index contributed by atoms with van der Waals surface area (Å²) >= 11 is 0. The zero-order valence-corrected chi connectivity index (χ0v) is 15.8. The molecule has 0 bridgehead atoms. The number of nitrogens with two attached hydrogens (primary N) is 1. The van der Waals surface area contributed by atoms with Gasteiger partial charge in [0.05, 0.1) is 5.41 Å². The molecule has 6 N–H and O–H groups in total. The molecule has 0 saturated carbocycles. The largest absolute Gasteiger partial charge is 0.480 e. The van der Waals surface area contributed by atoms with Gasteiger partial charge in [-0.3, -0.25) is 10.2 Å². The van der Waals surface area contributed by atoms with Gasteiger partial charge in [-0.2, -0.15) is 0 Å². The highest BCUT2D eigenvalue weighted by molar-refractivity contribution is 5.94. The van der Waals surface area contributed by atoms with Crippen LogP contribution in [0.1, 0.15) is 30.9 Å². The Hall–Kier alpha value is -3.35. The molecule has 0 spiro atoms. The van der Waals surface area contributed by atoms with E-state index in [-0.39, 0.29) is 18.3 Å². The molecule has 0 radical (unpaired) electrons. The maximum absolute atomic E-state index is 13.3. The predicted molar refractivity (Wildman–Crippen MR) is 108 cm³/mol. The molecule has 7 nitrogen and oxygen atoms in total. The molecule has 0 fully saturated rings. The number of hydrogen-bond acceptors (Lipinski definition) is 3. The molecule has 2 aromatic rings. The van der Waals surface area contributed by atoms with Crippen LogP contribution < -0.4 is 16.4 Å². The van der Waals surface area contributed by atoms with Crippen LogP contribution in [0.4, 0.5) is 0 Å². The summed E-state index contributed by atoms with van der Waals surface area (Å²) in [6.07, 6.45) is 0.672. The molecule has 28 heavy (non-hydrogen) atoms. The van der Waals surface area contributed by atoms with E-state index in [1.165, 1.54) is 0 Å². The number of rotatable bonds is 9. The lowest BCUT2D eigenvalue weighted by Gasteiger charge is -2.31. The van der Waals surface area contributed by atoms with Gasteiger partial charge in [0.15, 0.2) is 5.96 Å². The number of carbonyl (C=O) groups excluding carboxylic acids is 1. The van der Waals surface area contributed by atoms with Gasteiger partial charge in [0, 0.05) is 6.54 Å². The Morgan fingerprint density at radius 1 is 1.07 bits per heavy atom. The number of nitrogens with one attached hydrogen (secondary N) is 3. The van der Waals surface area contributed by atoms with Crippen molar-refractivity contribution >= 4 is 17.8 Å². The number of carboxylic acids is 1. The molecule has 0 aliphatic rings. The number of amides is 1. The smallest absolute Gasteiger partial charge is 0.326 e. The van der Waals surface area contributed by atoms with E-state index in [0.29, 0.717) is 13.0 Å². The summed E-state index contributed by atoms with van der Waals surface area (Å²) in [5.41, 5.74) is 5.75. The van der Waals surface area contributed by atoms with Crippen molar-refractivity contribution in [2.75, 3.05) is 6.54 Å². The highest BCUT2D eigenvalue weighted by atomic mass is 16.4. The zero-order chi connectivity index (χ0) is 20.6. The molecule has 148 valence electrons. The molecule has 2 aromatic carbocycles. The third-order valence-corrected chi connectivity index (χ3v) is 4.74. The molecule has 1 amide bonds. The molecule has 0 saturated heterocycles. The van der Waals surface area contributed by atoms with Crippen molar-refractivity contribution in [3.63, 3.8) is 0 Å². The van der Waals surface area contributed by atoms with Crippen LogP contribution in [0.15, 0.2) is 60.7 Å². The maximum Gasteiger partial charge on any atom is 0.326 e. The first-order chi connectivity index (χ1) is 13.4. The van der Waals surface area contributed by atoms with E-state index in [2.05, 4.69) is 10.6 Å². The van der Waals surface area contributed by atoms with Crippen molar-refractivity contribution in [3.8, 4) is 0 Å². The molecule has 0 heterocycles. The second-order valence-corrected chi connectivity index (χ2v) is 6.70. The van der Waals surface area contributed by atoms with E-state index in [1.54, 1.807) is 6.92 Å². The summed E-state index contributed by atoms with van der Waals surface area (Å²) in [6, 6.07) is 17.6. The van der Waals surface area contributed by atoms with Gasteiger partial charge in [0.1, 0.15) is 6.04 Å². The van der Waals surface area contributed by atoms with Crippen LogP contribution in [-0.4, -0.2) is 35.5 Å². The van der Waals surface area contributed by atoms with Crippen molar-refractivity contribution in [2.24, 2.45) is 5.73 Å². The van der Waals surface area contributed by atoms with Crippen molar-refractivity contribution in [2.45, 2.75) is 31.2 Å². The lowest BCUT2D eigenvalue weighted by atomic mass is 9.75. The van der Waals surface area contributed by atoms with Gasteiger partial charge >= 0.3 is 5.97 Å². The topological polar surface area (TPSA) is 128 Å². The number of hydrogen-bond donors (Lipinski definition) is 5. The number of carbonyl (C=O) groups is 2. The van der Waals surface area contributed by atoms with E-state index < -0.39 is 17.4 Å². The maximum atomic E-state index is 13.3. The van der Waals surface area contributed by atoms with Crippen LogP contribution in [0.25, 0.3) is 0 Å². The van der Waals surface area contributed by atoms with Gasteiger partial charge in [0.2, 0.25) is 5.91 Å². The van der Waals surface area contributed by atoms with E-state index in [1.807, 2.05) is 60.7 Å². The Labute approximate surface area is 164 Å². The van der Waals surface area contributed by atoms with Gasteiger partial charge in [0.25, 0.3) is 0 Å². The normalized spacial score (nSPS) is 12.0. The summed E-state index contributed by atoms with van der Waals surface area (Å²) in [7, 11) is 0. The second-order valence-electron chi connectivity index (χ2n) is 6.70. The molecule has 0 aromatic heterocycles. The first-order valence-corrected chi connectivity index (χ1v) is 9.08. The zero-order valence-electron chi connectivity index (χ0n) is 15.8. The van der Waals surface area contributed by atoms with Crippen LogP contribution in [0.5, 0.6) is 0 Å². The van der Waals surface area contributed by atoms with Gasteiger partial charge < -0.3 is 21.5 Å². The Morgan fingerprint density at radius 2 is 1.57 bits per heavy atom. The SMILES string of the molecule is CC(C(=O)N[C@@H](CCCNC(=N)N)C(=O)O)(c1ccccc1)c1ccccc1. The van der Waals surface area contributed by atoms with Crippen LogP contribution in [0.2, 0.25) is 0 Å². The Morgan fingerprint density at radius 3 is 2.00 bits per heavy atom. The Kier molecular flexibility index (Phi) is 7.14. The van der Waals surface area contributed by atoms with Crippen molar-refractivity contribution in [1.29, 1.82) is 5.41 Å². The Balaban J connectivity index is 2.24. The quantitative estimate of drug-likeness (QED) is 0.257. The number of guanidine groups is 1. The minimum atomic E-state index is -1.10. The van der Waals surface area contributed by atoms with Crippen LogP contribution in [-0.2, 0) is 15.0 Å². The first-order valence-electron chi connectivity index (χ1n) is 9.08. The second kappa shape index (κ2) is 9.55. The minimum Gasteiger partial charge on any atom is -0.480 e. The molecule has 0 aliphatic carbocycles. The molecule has 7 heteroatoms. The molecular weight excluding hydrogens is 356 g/mol. The fraction of sp³-hybridized carbons (Fsp3) is 0.286. The summed E-state index contributed by atoms with van der Waals surface area (Å²) in [5.74, 6) is -1.65. The summed E-state index contributed by atoms with van der Waals surface area (Å²) in [6.45, 7) is 2.16. The highest BCUT2D eigenvalue weighted by Gasteiger charge is 2.38. The average Bonchev–Trinajstić information content (AvgIpc) is 2.70. The van der Waals surface area contributed by atoms with Crippen LogP contribution >= 0.6 is 0 Å². The molecule has 1 atom stereocenters. The minimum absolute atomic E-state index is 0.170. The summed E-state index contributed by atoms with van der Waals surface area (Å²) in [5, 5.41) is 22.0. The van der Waals surface area contributed by atoms with Gasteiger partial charge in [-0.25, -0.2) is 4.79 Å². The third-order valence-electron chi connectivity index (χ3n) is 4.74. The van der Waals surface area contributed by atoms with Crippen LogP contribution in [0, 0.1) is 5.41 Å². The van der Waals surface area contributed by atoms with Crippen molar-refractivity contribution in [1.82, 2.24) is 10.6 Å². The van der Waals surface area contributed by atoms with Crippen molar-refractivity contribution < 1.29 is 14.7 Å². The number of benzene rings is 2. The van der Waals surface area contributed by atoms with Crippen molar-refractivity contribution in [3.05, 3.63) is 71.8 Å². The lowest BCUT2D eigenvalue weighted by molar-refractivity contribution is -0.142.